The molecule has 2 aromatic rings. The van der Waals surface area contributed by atoms with E-state index in [-0.39, 0.29) is 22.3 Å². The molecule has 2 N–H and O–H groups in total. The maximum atomic E-state index is 13.0. The van der Waals surface area contributed by atoms with Gasteiger partial charge in [0, 0.05) is 0 Å². The number of hydrogen-bond donors (Lipinski definition) is 2. The van der Waals surface area contributed by atoms with E-state index in [4.69, 9.17) is 10.2 Å². The van der Waals surface area contributed by atoms with E-state index < -0.39 is 24.3 Å². The van der Waals surface area contributed by atoms with Gasteiger partial charge in [-0.05, 0) is 41.0 Å². The lowest BCUT2D eigenvalue weighted by atomic mass is 9.96. The molecule has 2 aromatic carbocycles. The van der Waals surface area contributed by atoms with Crippen LogP contribution in [0.25, 0.3) is 11.1 Å². The van der Waals surface area contributed by atoms with Gasteiger partial charge in [-0.2, -0.15) is 13.2 Å². The topological polar surface area (TPSA) is 57.5 Å². The molecule has 0 aromatic heterocycles. The van der Waals surface area contributed by atoms with Crippen LogP contribution in [0, 0.1) is 0 Å². The van der Waals surface area contributed by atoms with Crippen molar-refractivity contribution in [2.45, 2.75) is 12.8 Å². The van der Waals surface area contributed by atoms with Crippen LogP contribution in [0.15, 0.2) is 42.5 Å². The number of aliphatic hydroxyl groups is 1. The van der Waals surface area contributed by atoms with Crippen molar-refractivity contribution < 1.29 is 28.2 Å². The second kappa shape index (κ2) is 5.57. The fourth-order valence-electron chi connectivity index (χ4n) is 2.04. The summed E-state index contributed by atoms with van der Waals surface area (Å²) in [7, 11) is 0. The van der Waals surface area contributed by atoms with E-state index in [0.717, 1.165) is 12.1 Å². The molecule has 2 rings (SSSR count). The molecule has 0 aliphatic heterocycles. The molecule has 0 aliphatic carbocycles. The van der Waals surface area contributed by atoms with E-state index in [1.54, 1.807) is 0 Å². The van der Waals surface area contributed by atoms with E-state index in [9.17, 15) is 18.0 Å². The van der Waals surface area contributed by atoms with Crippen molar-refractivity contribution in [1.29, 1.82) is 0 Å². The highest BCUT2D eigenvalue weighted by Gasteiger charge is 2.33. The van der Waals surface area contributed by atoms with Gasteiger partial charge in [0.2, 0.25) is 0 Å². The number of benzene rings is 2. The first-order valence-corrected chi connectivity index (χ1v) is 5.97. The van der Waals surface area contributed by atoms with Gasteiger partial charge in [-0.15, -0.1) is 0 Å². The molecule has 0 heterocycles. The lowest BCUT2D eigenvalue weighted by molar-refractivity contribution is -0.137. The highest BCUT2D eigenvalue weighted by molar-refractivity contribution is 5.90. The number of hydrogen-bond acceptors (Lipinski definition) is 2. The van der Waals surface area contributed by atoms with Gasteiger partial charge in [0.1, 0.15) is 0 Å². The molecule has 0 radical (unpaired) electrons. The molecule has 0 bridgehead atoms. The minimum absolute atomic E-state index is 0.104. The summed E-state index contributed by atoms with van der Waals surface area (Å²) in [6.07, 6.45) is -4.55. The highest BCUT2D eigenvalue weighted by atomic mass is 19.4. The number of rotatable bonds is 3. The summed E-state index contributed by atoms with van der Waals surface area (Å²) < 4.78 is 39.0. The van der Waals surface area contributed by atoms with E-state index in [0.29, 0.717) is 0 Å². The third-order valence-electron chi connectivity index (χ3n) is 2.97. The number of carboxylic acid groups (broad SMARTS) is 1. The van der Waals surface area contributed by atoms with E-state index in [1.165, 1.54) is 30.3 Å². The summed E-state index contributed by atoms with van der Waals surface area (Å²) in [5.41, 5.74) is -0.804. The largest absolute Gasteiger partial charge is 0.478 e. The van der Waals surface area contributed by atoms with Crippen LogP contribution in [0.5, 0.6) is 0 Å². The number of carboxylic acids is 1. The minimum Gasteiger partial charge on any atom is -0.478 e. The Balaban J connectivity index is 2.67. The molecule has 3 nitrogen and oxygen atoms in total. The van der Waals surface area contributed by atoms with Crippen molar-refractivity contribution in [1.82, 2.24) is 0 Å². The van der Waals surface area contributed by atoms with Gasteiger partial charge in [-0.25, -0.2) is 4.79 Å². The number of aromatic carboxylic acids is 1. The zero-order valence-electron chi connectivity index (χ0n) is 10.7. The number of alkyl halides is 3. The third-order valence-corrected chi connectivity index (χ3v) is 2.97. The van der Waals surface area contributed by atoms with Crippen LogP contribution in [0.4, 0.5) is 13.2 Å². The molecule has 110 valence electrons. The zero-order chi connectivity index (χ0) is 15.6. The smallest absolute Gasteiger partial charge is 0.417 e. The summed E-state index contributed by atoms with van der Waals surface area (Å²) >= 11 is 0. The van der Waals surface area contributed by atoms with Crippen LogP contribution in [0.2, 0.25) is 0 Å². The predicted molar refractivity (Wildman–Crippen MR) is 69.8 cm³/mol. The molecular formula is C15H11F3O3. The summed E-state index contributed by atoms with van der Waals surface area (Å²) in [6.45, 7) is -0.456. The van der Waals surface area contributed by atoms with Gasteiger partial charge >= 0.3 is 12.1 Å². The maximum Gasteiger partial charge on any atom is 0.417 e. The van der Waals surface area contributed by atoms with Crippen LogP contribution in [-0.2, 0) is 12.8 Å². The lowest BCUT2D eigenvalue weighted by Gasteiger charge is -2.14. The van der Waals surface area contributed by atoms with Crippen LogP contribution in [0.3, 0.4) is 0 Å². The Morgan fingerprint density at radius 3 is 2.33 bits per heavy atom. The van der Waals surface area contributed by atoms with Gasteiger partial charge < -0.3 is 10.2 Å². The normalized spacial score (nSPS) is 11.4. The highest BCUT2D eigenvalue weighted by Crippen LogP contribution is 2.37. The fourth-order valence-corrected chi connectivity index (χ4v) is 2.04. The molecule has 0 amide bonds. The average molecular weight is 296 g/mol. The molecule has 0 spiro atoms. The van der Waals surface area contributed by atoms with Crippen LogP contribution < -0.4 is 0 Å². The fraction of sp³-hybridized carbons (Fsp3) is 0.133. The van der Waals surface area contributed by atoms with Crippen LogP contribution >= 0.6 is 0 Å². The number of halogens is 3. The van der Waals surface area contributed by atoms with Crippen molar-refractivity contribution >= 4 is 5.97 Å². The predicted octanol–water partition coefficient (Wildman–Crippen LogP) is 3.56. The average Bonchev–Trinajstić information content (AvgIpc) is 2.45. The van der Waals surface area contributed by atoms with Crippen LogP contribution in [0.1, 0.15) is 21.5 Å². The molecule has 6 heteroatoms. The Hall–Kier alpha value is -2.34. The van der Waals surface area contributed by atoms with Crippen molar-refractivity contribution in [3.63, 3.8) is 0 Å². The van der Waals surface area contributed by atoms with Crippen molar-refractivity contribution in [3.8, 4) is 11.1 Å². The van der Waals surface area contributed by atoms with Crippen LogP contribution in [-0.4, -0.2) is 16.2 Å². The third kappa shape index (κ3) is 3.22. The summed E-state index contributed by atoms with van der Waals surface area (Å²) in [5, 5.41) is 18.1. The first-order valence-electron chi connectivity index (χ1n) is 5.97. The molecule has 0 atom stereocenters. The Morgan fingerprint density at radius 1 is 1.10 bits per heavy atom. The second-order valence-corrected chi connectivity index (χ2v) is 4.43. The molecule has 0 fully saturated rings. The van der Waals surface area contributed by atoms with E-state index >= 15 is 0 Å². The first-order chi connectivity index (χ1) is 9.82. The second-order valence-electron chi connectivity index (χ2n) is 4.43. The Kier molecular flexibility index (Phi) is 3.99. The molecular weight excluding hydrogens is 285 g/mol. The molecule has 0 saturated heterocycles. The van der Waals surface area contributed by atoms with Gasteiger partial charge in [0.05, 0.1) is 17.7 Å². The van der Waals surface area contributed by atoms with Gasteiger partial charge in [-0.3, -0.25) is 0 Å². The maximum absolute atomic E-state index is 13.0. The lowest BCUT2D eigenvalue weighted by Crippen LogP contribution is -2.07. The van der Waals surface area contributed by atoms with E-state index in [1.807, 2.05) is 0 Å². The molecule has 0 aliphatic rings. The Bertz CT molecular complexity index is 678. The molecule has 21 heavy (non-hydrogen) atoms. The van der Waals surface area contributed by atoms with E-state index in [2.05, 4.69) is 0 Å². The van der Waals surface area contributed by atoms with Gasteiger partial charge in [0.25, 0.3) is 0 Å². The summed E-state index contributed by atoms with van der Waals surface area (Å²) in [6, 6.07) is 8.63. The zero-order valence-corrected chi connectivity index (χ0v) is 10.7. The van der Waals surface area contributed by atoms with Crippen molar-refractivity contribution in [2.75, 3.05) is 0 Å². The van der Waals surface area contributed by atoms with Crippen molar-refractivity contribution in [3.05, 3.63) is 59.2 Å². The number of aliphatic hydroxyl groups excluding tert-OH is 1. The molecule has 0 unspecified atom stereocenters. The van der Waals surface area contributed by atoms with Crippen molar-refractivity contribution in [2.24, 2.45) is 0 Å². The first kappa shape index (κ1) is 15.1. The standard InChI is InChI=1S/C15H11F3O3/c16-15(17,18)13-4-2-1-3-12(13)10-5-9(8-19)6-11(7-10)14(20)21/h1-7,19H,8H2,(H,20,21). The quantitative estimate of drug-likeness (QED) is 0.910. The SMILES string of the molecule is O=C(O)c1cc(CO)cc(-c2ccccc2C(F)(F)F)c1. The Labute approximate surface area is 118 Å². The number of carbonyl (C=O) groups is 1. The van der Waals surface area contributed by atoms with Gasteiger partial charge in [-0.1, -0.05) is 18.2 Å². The summed E-state index contributed by atoms with van der Waals surface area (Å²) in [4.78, 5) is 11.0. The minimum atomic E-state index is -4.55. The monoisotopic (exact) mass is 296 g/mol. The van der Waals surface area contributed by atoms with Gasteiger partial charge in [0.15, 0.2) is 0 Å². The Morgan fingerprint density at radius 2 is 1.76 bits per heavy atom. The molecule has 0 saturated carbocycles. The summed E-state index contributed by atoms with van der Waals surface area (Å²) in [5.74, 6) is -1.27.